The Kier molecular flexibility index (Phi) is 6.81. The number of hydrogen-bond donors (Lipinski definition) is 2. The lowest BCUT2D eigenvalue weighted by atomic mass is 10.2. The first-order valence-electron chi connectivity index (χ1n) is 10.8. The van der Waals surface area contributed by atoms with Crippen LogP contribution in [0.5, 0.6) is 11.5 Å². The van der Waals surface area contributed by atoms with Crippen molar-refractivity contribution in [3.63, 3.8) is 0 Å². The lowest BCUT2D eigenvalue weighted by Crippen LogP contribution is -2.20. The molecular weight excluding hydrogens is 428 g/mol. The van der Waals surface area contributed by atoms with Gasteiger partial charge in [-0.25, -0.2) is 10.1 Å². The van der Waals surface area contributed by atoms with Crippen molar-refractivity contribution in [2.45, 2.75) is 51.6 Å². The first kappa shape index (κ1) is 22.2. The molecule has 12 nitrogen and oxygen atoms in total. The summed E-state index contributed by atoms with van der Waals surface area (Å²) in [5.74, 6) is 1.04. The summed E-state index contributed by atoms with van der Waals surface area (Å²) in [6.07, 6.45) is 7.51. The molecule has 1 amide bonds. The SMILES string of the molecule is CCCc1c(C(=O)N/N=C\c2ccc(OC3CCCC3)c(OC)c2)nnn1-c1nonc1N. The second-order valence-electron chi connectivity index (χ2n) is 7.65. The fourth-order valence-corrected chi connectivity index (χ4v) is 3.71. The minimum absolute atomic E-state index is 0.0523. The van der Waals surface area contributed by atoms with Crippen LogP contribution in [-0.4, -0.2) is 50.6 Å². The number of hydrogen-bond acceptors (Lipinski definition) is 10. The maximum absolute atomic E-state index is 12.7. The number of nitrogen functional groups attached to an aromatic ring is 1. The van der Waals surface area contributed by atoms with E-state index in [1.54, 1.807) is 13.2 Å². The average molecular weight is 454 g/mol. The van der Waals surface area contributed by atoms with Crippen molar-refractivity contribution in [1.82, 2.24) is 30.7 Å². The molecule has 0 atom stereocenters. The number of nitrogens with two attached hydrogens (primary N) is 1. The number of carbonyl (C=O) groups excluding carboxylic acids is 1. The van der Waals surface area contributed by atoms with E-state index in [9.17, 15) is 4.79 Å². The van der Waals surface area contributed by atoms with E-state index in [2.05, 4.69) is 35.8 Å². The Morgan fingerprint density at radius 1 is 1.33 bits per heavy atom. The Morgan fingerprint density at radius 3 is 2.85 bits per heavy atom. The van der Waals surface area contributed by atoms with Gasteiger partial charge in [-0.15, -0.1) is 5.10 Å². The average Bonchev–Trinajstić information content (AvgIpc) is 3.56. The molecule has 0 radical (unpaired) electrons. The second-order valence-corrected chi connectivity index (χ2v) is 7.65. The third kappa shape index (κ3) is 4.94. The molecule has 33 heavy (non-hydrogen) atoms. The predicted molar refractivity (Wildman–Crippen MR) is 119 cm³/mol. The van der Waals surface area contributed by atoms with E-state index in [-0.39, 0.29) is 23.4 Å². The molecule has 3 N–H and O–H groups in total. The molecule has 1 aromatic carbocycles. The van der Waals surface area contributed by atoms with Gasteiger partial charge in [0.2, 0.25) is 11.6 Å². The number of ether oxygens (including phenoxy) is 2. The first-order valence-corrected chi connectivity index (χ1v) is 10.8. The van der Waals surface area contributed by atoms with Crippen LogP contribution in [0.3, 0.4) is 0 Å². The normalized spacial score (nSPS) is 14.1. The molecule has 0 spiro atoms. The Morgan fingerprint density at radius 2 is 2.15 bits per heavy atom. The highest BCUT2D eigenvalue weighted by Crippen LogP contribution is 2.32. The number of hydrazone groups is 1. The van der Waals surface area contributed by atoms with Crippen molar-refractivity contribution in [1.29, 1.82) is 0 Å². The number of rotatable bonds is 9. The van der Waals surface area contributed by atoms with Crippen molar-refractivity contribution in [3.8, 4) is 17.3 Å². The van der Waals surface area contributed by atoms with Crippen LogP contribution in [0, 0.1) is 0 Å². The van der Waals surface area contributed by atoms with Crippen molar-refractivity contribution >= 4 is 17.9 Å². The van der Waals surface area contributed by atoms with Gasteiger partial charge in [-0.05, 0) is 66.2 Å². The number of benzene rings is 1. The molecule has 4 rings (SSSR count). The summed E-state index contributed by atoms with van der Waals surface area (Å²) in [5.41, 5.74) is 9.62. The number of nitrogens with one attached hydrogen (secondary N) is 1. The van der Waals surface area contributed by atoms with E-state index < -0.39 is 5.91 Å². The zero-order valence-electron chi connectivity index (χ0n) is 18.5. The third-order valence-electron chi connectivity index (χ3n) is 5.32. The largest absolute Gasteiger partial charge is 0.493 e. The van der Waals surface area contributed by atoms with Crippen LogP contribution in [-0.2, 0) is 6.42 Å². The topological polar surface area (TPSA) is 156 Å². The summed E-state index contributed by atoms with van der Waals surface area (Å²) in [4.78, 5) is 12.7. The molecule has 0 aliphatic heterocycles. The molecule has 2 aromatic heterocycles. The van der Waals surface area contributed by atoms with Crippen LogP contribution < -0.4 is 20.6 Å². The van der Waals surface area contributed by atoms with Crippen molar-refractivity contribution in [2.24, 2.45) is 5.10 Å². The standard InChI is InChI=1S/C21H26N8O4/c1-3-6-15-18(24-28-29(15)20-19(22)26-33-27-20)21(30)25-23-12-13-9-10-16(17(11-13)31-2)32-14-7-4-5-8-14/h9-12,14H,3-8H2,1-2H3,(H2,22,26)(H,25,30)/b23-12-. The Labute approximate surface area is 190 Å². The smallest absolute Gasteiger partial charge is 0.293 e. The minimum atomic E-state index is -0.510. The summed E-state index contributed by atoms with van der Waals surface area (Å²) >= 11 is 0. The Balaban J connectivity index is 1.46. The molecule has 1 saturated carbocycles. The van der Waals surface area contributed by atoms with Crippen LogP contribution in [0.1, 0.15) is 60.8 Å². The number of anilines is 1. The lowest BCUT2D eigenvalue weighted by Gasteiger charge is -2.16. The van der Waals surface area contributed by atoms with E-state index >= 15 is 0 Å². The van der Waals surface area contributed by atoms with Crippen LogP contribution in [0.4, 0.5) is 5.82 Å². The molecule has 174 valence electrons. The van der Waals surface area contributed by atoms with Gasteiger partial charge < -0.3 is 15.2 Å². The van der Waals surface area contributed by atoms with Crippen LogP contribution >= 0.6 is 0 Å². The maximum atomic E-state index is 12.7. The van der Waals surface area contributed by atoms with Gasteiger partial charge in [0.05, 0.1) is 25.1 Å². The van der Waals surface area contributed by atoms with Gasteiger partial charge >= 0.3 is 0 Å². The fourth-order valence-electron chi connectivity index (χ4n) is 3.71. The maximum Gasteiger partial charge on any atom is 0.293 e. The van der Waals surface area contributed by atoms with Gasteiger partial charge in [-0.2, -0.15) is 9.78 Å². The number of methoxy groups -OCH3 is 1. The highest BCUT2D eigenvalue weighted by Gasteiger charge is 2.23. The van der Waals surface area contributed by atoms with Crippen LogP contribution in [0.25, 0.3) is 5.82 Å². The molecule has 0 saturated heterocycles. The highest BCUT2D eigenvalue weighted by molar-refractivity contribution is 5.94. The van der Waals surface area contributed by atoms with Crippen molar-refractivity contribution < 1.29 is 18.9 Å². The fraction of sp³-hybridized carbons (Fsp3) is 0.429. The van der Waals surface area contributed by atoms with Gasteiger partial charge in [0, 0.05) is 0 Å². The Bertz CT molecular complexity index is 1130. The monoisotopic (exact) mass is 454 g/mol. The predicted octanol–water partition coefficient (Wildman–Crippen LogP) is 2.28. The quantitative estimate of drug-likeness (QED) is 0.366. The summed E-state index contributed by atoms with van der Waals surface area (Å²) in [7, 11) is 1.59. The molecule has 3 aromatic rings. The van der Waals surface area contributed by atoms with Crippen LogP contribution in [0.15, 0.2) is 27.9 Å². The first-order chi connectivity index (χ1) is 16.1. The van der Waals surface area contributed by atoms with E-state index in [0.717, 1.165) is 24.8 Å². The second kappa shape index (κ2) is 10.1. The molecule has 1 aliphatic rings. The third-order valence-corrected chi connectivity index (χ3v) is 5.32. The number of aromatic nitrogens is 5. The van der Waals surface area contributed by atoms with Gasteiger partial charge in [0.1, 0.15) is 0 Å². The summed E-state index contributed by atoms with van der Waals surface area (Å²) in [6, 6.07) is 5.50. The van der Waals surface area contributed by atoms with E-state index in [0.29, 0.717) is 23.6 Å². The number of amides is 1. The highest BCUT2D eigenvalue weighted by atomic mass is 16.6. The lowest BCUT2D eigenvalue weighted by molar-refractivity contribution is 0.0949. The van der Waals surface area contributed by atoms with Crippen molar-refractivity contribution in [3.05, 3.63) is 35.2 Å². The zero-order valence-corrected chi connectivity index (χ0v) is 18.5. The van der Waals surface area contributed by atoms with Gasteiger partial charge in [0.25, 0.3) is 5.91 Å². The molecule has 0 unspecified atom stereocenters. The number of carbonyl (C=O) groups is 1. The molecule has 1 fully saturated rings. The molecular formula is C21H26N8O4. The molecule has 2 heterocycles. The Hall–Kier alpha value is -3.96. The molecule has 1 aliphatic carbocycles. The van der Waals surface area contributed by atoms with E-state index in [4.69, 9.17) is 15.2 Å². The number of nitrogens with zero attached hydrogens (tertiary/aromatic N) is 6. The zero-order chi connectivity index (χ0) is 23.2. The summed E-state index contributed by atoms with van der Waals surface area (Å²) in [6.45, 7) is 1.97. The van der Waals surface area contributed by atoms with Crippen LogP contribution in [0.2, 0.25) is 0 Å². The minimum Gasteiger partial charge on any atom is -0.493 e. The van der Waals surface area contributed by atoms with E-state index in [1.807, 2.05) is 19.1 Å². The van der Waals surface area contributed by atoms with E-state index in [1.165, 1.54) is 23.7 Å². The summed E-state index contributed by atoms with van der Waals surface area (Å²) in [5, 5.41) is 19.3. The van der Waals surface area contributed by atoms with Gasteiger partial charge in [-0.3, -0.25) is 4.79 Å². The summed E-state index contributed by atoms with van der Waals surface area (Å²) < 4.78 is 17.5. The van der Waals surface area contributed by atoms with Crippen molar-refractivity contribution in [2.75, 3.05) is 12.8 Å². The van der Waals surface area contributed by atoms with Gasteiger partial charge in [-0.1, -0.05) is 18.6 Å². The van der Waals surface area contributed by atoms with Gasteiger partial charge in [0.15, 0.2) is 17.2 Å². The molecule has 12 heteroatoms. The molecule has 0 bridgehead atoms.